The third-order valence-electron chi connectivity index (χ3n) is 3.43. The van der Waals surface area contributed by atoms with Crippen LogP contribution in [-0.2, 0) is 14.4 Å². The summed E-state index contributed by atoms with van der Waals surface area (Å²) in [5, 5.41) is 5.37. The van der Waals surface area contributed by atoms with E-state index < -0.39 is 6.04 Å². The number of benzene rings is 1. The first-order valence-electron chi connectivity index (χ1n) is 8.09. The fourth-order valence-electron chi connectivity index (χ4n) is 2.23. The van der Waals surface area contributed by atoms with Gasteiger partial charge in [-0.1, -0.05) is 13.3 Å². The summed E-state index contributed by atoms with van der Waals surface area (Å²) in [6.45, 7) is 5.58. The molecule has 0 spiro atoms. The lowest BCUT2D eigenvalue weighted by molar-refractivity contribution is -0.135. The van der Waals surface area contributed by atoms with Crippen LogP contribution in [0, 0.1) is 0 Å². The van der Waals surface area contributed by atoms with Crippen LogP contribution in [0.15, 0.2) is 24.3 Å². The van der Waals surface area contributed by atoms with Gasteiger partial charge >= 0.3 is 0 Å². The molecule has 0 saturated carbocycles. The second kappa shape index (κ2) is 9.67. The van der Waals surface area contributed by atoms with Gasteiger partial charge in [-0.15, -0.1) is 0 Å². The molecule has 1 aromatic carbocycles. The van der Waals surface area contributed by atoms with Gasteiger partial charge in [0, 0.05) is 24.8 Å². The minimum absolute atomic E-state index is 0.0415. The molecule has 0 aliphatic rings. The highest BCUT2D eigenvalue weighted by molar-refractivity contribution is 5.95. The number of nitrogens with two attached hydrogens (primary N) is 1. The van der Waals surface area contributed by atoms with Crippen molar-refractivity contribution in [1.82, 2.24) is 4.90 Å². The molecular formula is C17H26N4O3. The SMILES string of the molecule is CCCC(N)C(=O)N(CC)CC(=O)Nc1ccc(NC(C)=O)cc1. The zero-order chi connectivity index (χ0) is 18.1. The van der Waals surface area contributed by atoms with Crippen molar-refractivity contribution in [1.29, 1.82) is 0 Å². The molecule has 1 rings (SSSR count). The number of nitrogens with one attached hydrogen (secondary N) is 2. The third-order valence-corrected chi connectivity index (χ3v) is 3.43. The van der Waals surface area contributed by atoms with Gasteiger partial charge in [0.05, 0.1) is 12.6 Å². The molecule has 132 valence electrons. The molecule has 0 fully saturated rings. The summed E-state index contributed by atoms with van der Waals surface area (Å²) in [5.41, 5.74) is 7.07. The Hall–Kier alpha value is -2.41. The van der Waals surface area contributed by atoms with Crippen LogP contribution >= 0.6 is 0 Å². The number of amides is 3. The van der Waals surface area contributed by atoms with Gasteiger partial charge in [0.1, 0.15) is 0 Å². The number of likely N-dealkylation sites (N-methyl/N-ethyl adjacent to an activating group) is 1. The molecule has 1 atom stereocenters. The van der Waals surface area contributed by atoms with Gasteiger partial charge in [-0.3, -0.25) is 14.4 Å². The maximum absolute atomic E-state index is 12.2. The van der Waals surface area contributed by atoms with Gasteiger partial charge < -0.3 is 21.3 Å². The van der Waals surface area contributed by atoms with Gasteiger partial charge in [0.15, 0.2) is 0 Å². The largest absolute Gasteiger partial charge is 0.332 e. The van der Waals surface area contributed by atoms with E-state index in [0.717, 1.165) is 6.42 Å². The van der Waals surface area contributed by atoms with Crippen molar-refractivity contribution in [2.75, 3.05) is 23.7 Å². The molecule has 0 radical (unpaired) electrons. The molecule has 1 aromatic rings. The van der Waals surface area contributed by atoms with Crippen LogP contribution in [0.1, 0.15) is 33.6 Å². The van der Waals surface area contributed by atoms with Crippen molar-refractivity contribution in [3.05, 3.63) is 24.3 Å². The quantitative estimate of drug-likeness (QED) is 0.671. The molecule has 4 N–H and O–H groups in total. The third kappa shape index (κ3) is 6.37. The first-order valence-corrected chi connectivity index (χ1v) is 8.09. The predicted octanol–water partition coefficient (Wildman–Crippen LogP) is 1.56. The first-order chi connectivity index (χ1) is 11.4. The molecule has 0 aromatic heterocycles. The van der Waals surface area contributed by atoms with Crippen molar-refractivity contribution in [2.45, 2.75) is 39.7 Å². The van der Waals surface area contributed by atoms with E-state index in [1.807, 2.05) is 13.8 Å². The molecule has 0 saturated heterocycles. The van der Waals surface area contributed by atoms with Crippen LogP contribution in [0.2, 0.25) is 0 Å². The highest BCUT2D eigenvalue weighted by Gasteiger charge is 2.21. The summed E-state index contributed by atoms with van der Waals surface area (Å²) >= 11 is 0. The fourth-order valence-corrected chi connectivity index (χ4v) is 2.23. The van der Waals surface area contributed by atoms with E-state index in [4.69, 9.17) is 5.73 Å². The Balaban J connectivity index is 2.60. The smallest absolute Gasteiger partial charge is 0.243 e. The lowest BCUT2D eigenvalue weighted by atomic mass is 10.1. The van der Waals surface area contributed by atoms with Crippen LogP contribution in [0.5, 0.6) is 0 Å². The van der Waals surface area contributed by atoms with Crippen molar-refractivity contribution in [3.8, 4) is 0 Å². The summed E-state index contributed by atoms with van der Waals surface area (Å²) in [6, 6.07) is 6.18. The second-order valence-electron chi connectivity index (χ2n) is 5.55. The minimum Gasteiger partial charge on any atom is -0.332 e. The molecule has 24 heavy (non-hydrogen) atoms. The Bertz CT molecular complexity index is 572. The normalized spacial score (nSPS) is 11.5. The lowest BCUT2D eigenvalue weighted by Gasteiger charge is -2.23. The average molecular weight is 334 g/mol. The molecule has 0 aliphatic heterocycles. The fraction of sp³-hybridized carbons (Fsp3) is 0.471. The zero-order valence-electron chi connectivity index (χ0n) is 14.5. The highest BCUT2D eigenvalue weighted by Crippen LogP contribution is 2.13. The number of carbonyl (C=O) groups excluding carboxylic acids is 3. The van der Waals surface area contributed by atoms with E-state index in [-0.39, 0.29) is 24.3 Å². The predicted molar refractivity (Wildman–Crippen MR) is 94.5 cm³/mol. The highest BCUT2D eigenvalue weighted by atomic mass is 16.2. The lowest BCUT2D eigenvalue weighted by Crippen LogP contribution is -2.46. The molecule has 7 heteroatoms. The number of anilines is 2. The number of carbonyl (C=O) groups is 3. The van der Waals surface area contributed by atoms with E-state index in [1.165, 1.54) is 11.8 Å². The molecule has 0 bridgehead atoms. The van der Waals surface area contributed by atoms with Gasteiger partial charge in [0.2, 0.25) is 17.7 Å². The van der Waals surface area contributed by atoms with Crippen molar-refractivity contribution in [2.24, 2.45) is 5.73 Å². The Morgan fingerprint density at radius 3 is 2.08 bits per heavy atom. The van der Waals surface area contributed by atoms with E-state index in [1.54, 1.807) is 24.3 Å². The standard InChI is InChI=1S/C17H26N4O3/c1-4-6-15(18)17(24)21(5-2)11-16(23)20-14-9-7-13(8-10-14)19-12(3)22/h7-10,15H,4-6,11,18H2,1-3H3,(H,19,22)(H,20,23). The van der Waals surface area contributed by atoms with Crippen molar-refractivity contribution >= 4 is 29.1 Å². The van der Waals surface area contributed by atoms with E-state index >= 15 is 0 Å². The van der Waals surface area contributed by atoms with Gasteiger partial charge in [-0.25, -0.2) is 0 Å². The summed E-state index contributed by atoms with van der Waals surface area (Å²) in [4.78, 5) is 36.7. The number of rotatable bonds is 8. The van der Waals surface area contributed by atoms with E-state index in [9.17, 15) is 14.4 Å². The second-order valence-corrected chi connectivity index (χ2v) is 5.55. The Morgan fingerprint density at radius 1 is 1.08 bits per heavy atom. The molecule has 0 aliphatic carbocycles. The van der Waals surface area contributed by atoms with Gasteiger partial charge in [-0.2, -0.15) is 0 Å². The summed E-state index contributed by atoms with van der Waals surface area (Å²) in [7, 11) is 0. The number of hydrogen-bond donors (Lipinski definition) is 3. The number of nitrogens with zero attached hydrogens (tertiary/aromatic N) is 1. The maximum Gasteiger partial charge on any atom is 0.243 e. The molecule has 7 nitrogen and oxygen atoms in total. The van der Waals surface area contributed by atoms with Crippen LogP contribution in [0.4, 0.5) is 11.4 Å². The monoisotopic (exact) mass is 334 g/mol. The van der Waals surface area contributed by atoms with Crippen LogP contribution in [-0.4, -0.2) is 41.8 Å². The number of hydrogen-bond acceptors (Lipinski definition) is 4. The van der Waals surface area contributed by atoms with Crippen LogP contribution < -0.4 is 16.4 Å². The Labute approximate surface area is 142 Å². The molecule has 3 amide bonds. The summed E-state index contributed by atoms with van der Waals surface area (Å²) in [6.07, 6.45) is 1.42. The summed E-state index contributed by atoms with van der Waals surface area (Å²) in [5.74, 6) is -0.663. The Kier molecular flexibility index (Phi) is 7.91. The van der Waals surface area contributed by atoms with Crippen molar-refractivity contribution < 1.29 is 14.4 Å². The first kappa shape index (κ1) is 19.6. The molecule has 0 heterocycles. The van der Waals surface area contributed by atoms with E-state index in [2.05, 4.69) is 10.6 Å². The van der Waals surface area contributed by atoms with Crippen LogP contribution in [0.25, 0.3) is 0 Å². The maximum atomic E-state index is 12.2. The zero-order valence-corrected chi connectivity index (χ0v) is 14.5. The Morgan fingerprint density at radius 2 is 1.62 bits per heavy atom. The minimum atomic E-state index is -0.570. The molecular weight excluding hydrogens is 308 g/mol. The summed E-state index contributed by atoms with van der Waals surface area (Å²) < 4.78 is 0. The van der Waals surface area contributed by atoms with Gasteiger partial charge in [-0.05, 0) is 37.6 Å². The van der Waals surface area contributed by atoms with E-state index in [0.29, 0.717) is 24.3 Å². The average Bonchev–Trinajstić information content (AvgIpc) is 2.53. The van der Waals surface area contributed by atoms with Crippen molar-refractivity contribution in [3.63, 3.8) is 0 Å². The van der Waals surface area contributed by atoms with Gasteiger partial charge in [0.25, 0.3) is 0 Å². The van der Waals surface area contributed by atoms with Crippen LogP contribution in [0.3, 0.4) is 0 Å². The topological polar surface area (TPSA) is 105 Å². The molecule has 1 unspecified atom stereocenters.